The normalized spacial score (nSPS) is 14.7. The van der Waals surface area contributed by atoms with Crippen LogP contribution in [0.1, 0.15) is 53.5 Å². The molecule has 1 unspecified atom stereocenters. The quantitative estimate of drug-likeness (QED) is 0.510. The number of benzene rings is 2. The number of hydrogen-bond acceptors (Lipinski definition) is 5. The summed E-state index contributed by atoms with van der Waals surface area (Å²) >= 11 is 0. The molecule has 1 saturated heterocycles. The van der Waals surface area contributed by atoms with Crippen LogP contribution < -0.4 is 10.0 Å². The van der Waals surface area contributed by atoms with E-state index in [4.69, 9.17) is 19.9 Å². The number of ether oxygens (including phenoxy) is 2. The molecule has 0 spiro atoms. The number of anilines is 1. The van der Waals surface area contributed by atoms with Crippen molar-refractivity contribution in [2.45, 2.75) is 54.1 Å². The van der Waals surface area contributed by atoms with Gasteiger partial charge in [-0.2, -0.15) is 5.26 Å². The predicted molar refractivity (Wildman–Crippen MR) is 145 cm³/mol. The first-order valence-electron chi connectivity index (χ1n) is 12.1. The Balaban J connectivity index is 0.000000446. The summed E-state index contributed by atoms with van der Waals surface area (Å²) in [4.78, 5) is 2.37. The van der Waals surface area contributed by atoms with Gasteiger partial charge in [-0.05, 0) is 66.8 Å². The fourth-order valence-corrected chi connectivity index (χ4v) is 3.53. The van der Waals surface area contributed by atoms with Crippen molar-refractivity contribution in [1.82, 2.24) is 0 Å². The zero-order valence-corrected chi connectivity index (χ0v) is 22.4. The summed E-state index contributed by atoms with van der Waals surface area (Å²) in [5, 5.41) is 16.4. The van der Waals surface area contributed by atoms with Crippen molar-refractivity contribution in [2.75, 3.05) is 37.8 Å². The summed E-state index contributed by atoms with van der Waals surface area (Å²) < 4.78 is 22.0. The van der Waals surface area contributed by atoms with Gasteiger partial charge in [-0.1, -0.05) is 45.9 Å². The highest BCUT2D eigenvalue weighted by Gasteiger charge is 2.11. The molecule has 2 aromatic carbocycles. The molecule has 3 rings (SSSR count). The van der Waals surface area contributed by atoms with Crippen LogP contribution in [-0.4, -0.2) is 43.2 Å². The summed E-state index contributed by atoms with van der Waals surface area (Å²) in [6.45, 7) is 16.8. The van der Waals surface area contributed by atoms with Gasteiger partial charge in [0.25, 0.3) is 0 Å². The minimum Gasteiger partial charge on any atom is -0.379 e. The number of hydrogen-bond donors (Lipinski definition) is 1. The largest absolute Gasteiger partial charge is 0.379 e. The van der Waals surface area contributed by atoms with E-state index in [1.807, 2.05) is 38.1 Å². The number of morpholine rings is 1. The van der Waals surface area contributed by atoms with Crippen molar-refractivity contribution in [1.29, 1.82) is 5.26 Å². The van der Waals surface area contributed by atoms with Gasteiger partial charge in [0.05, 0.1) is 19.3 Å². The molecule has 188 valence electrons. The molecule has 2 N–H and O–H groups in total. The van der Waals surface area contributed by atoms with E-state index in [9.17, 15) is 4.21 Å². The first-order valence-corrected chi connectivity index (χ1v) is 13.3. The number of nitrogens with two attached hydrogens (primary N) is 1. The first kappa shape index (κ1) is 29.8. The van der Waals surface area contributed by atoms with Crippen molar-refractivity contribution in [3.63, 3.8) is 0 Å². The Labute approximate surface area is 208 Å². The summed E-state index contributed by atoms with van der Waals surface area (Å²) in [5.74, 6) is 0.767. The second-order valence-electron chi connectivity index (χ2n) is 8.41. The minimum atomic E-state index is -1.76. The lowest BCUT2D eigenvalue weighted by atomic mass is 10.1. The van der Waals surface area contributed by atoms with E-state index in [0.29, 0.717) is 6.10 Å². The highest BCUT2D eigenvalue weighted by atomic mass is 32.2. The van der Waals surface area contributed by atoms with Crippen molar-refractivity contribution < 1.29 is 13.7 Å². The molecule has 7 heteroatoms. The van der Waals surface area contributed by atoms with Crippen LogP contribution in [0.2, 0.25) is 0 Å². The molecule has 1 heterocycles. The van der Waals surface area contributed by atoms with Crippen LogP contribution in [-0.2, 0) is 20.5 Å². The van der Waals surface area contributed by atoms with Crippen LogP contribution in [0.3, 0.4) is 0 Å². The van der Waals surface area contributed by atoms with E-state index in [-0.39, 0.29) is 4.91 Å². The van der Waals surface area contributed by atoms with E-state index >= 15 is 0 Å². The third-order valence-corrected chi connectivity index (χ3v) is 5.64. The highest BCUT2D eigenvalue weighted by molar-refractivity contribution is 7.87. The maximum absolute atomic E-state index is 11.2. The summed E-state index contributed by atoms with van der Waals surface area (Å²) in [6, 6.07) is 14.0. The number of allylic oxidation sites excluding steroid dienone is 1. The average molecular weight is 488 g/mol. The molecule has 0 saturated carbocycles. The molecule has 1 aliphatic heterocycles. The third kappa shape index (κ3) is 10.8. The van der Waals surface area contributed by atoms with Crippen molar-refractivity contribution in [3.05, 3.63) is 46.9 Å². The second-order valence-corrected chi connectivity index (χ2v) is 9.44. The molecule has 0 amide bonds. The SMILES string of the molecule is CC.CC(C)CCOC(C)C.N#C/C(=C\c1ccc2cc(N3CCOCC3)ccc2c1)S(N)=O. The Morgan fingerprint density at radius 1 is 1.15 bits per heavy atom. The lowest BCUT2D eigenvalue weighted by Crippen LogP contribution is -2.36. The predicted octanol–water partition coefficient (Wildman–Crippen LogP) is 5.65. The summed E-state index contributed by atoms with van der Waals surface area (Å²) in [6.07, 6.45) is 3.13. The molecule has 1 atom stereocenters. The maximum atomic E-state index is 11.2. The number of fused-ring (bicyclic) bond motifs is 1. The second kappa shape index (κ2) is 16.4. The zero-order valence-electron chi connectivity index (χ0n) is 21.5. The summed E-state index contributed by atoms with van der Waals surface area (Å²) in [5.41, 5.74) is 2.00. The maximum Gasteiger partial charge on any atom is 0.133 e. The lowest BCUT2D eigenvalue weighted by molar-refractivity contribution is 0.0710. The van der Waals surface area contributed by atoms with Crippen molar-refractivity contribution >= 4 is 33.5 Å². The van der Waals surface area contributed by atoms with Crippen LogP contribution in [0, 0.1) is 17.2 Å². The molecule has 1 aliphatic rings. The smallest absolute Gasteiger partial charge is 0.133 e. The Bertz CT molecular complexity index is 953. The molecule has 0 bridgehead atoms. The minimum absolute atomic E-state index is 0.0642. The number of nitriles is 1. The molecule has 0 radical (unpaired) electrons. The molecule has 6 nitrogen and oxygen atoms in total. The monoisotopic (exact) mass is 487 g/mol. The van der Waals surface area contributed by atoms with E-state index < -0.39 is 11.0 Å². The van der Waals surface area contributed by atoms with Gasteiger partial charge >= 0.3 is 0 Å². The van der Waals surface area contributed by atoms with E-state index in [0.717, 1.165) is 55.2 Å². The molecule has 0 aliphatic carbocycles. The Morgan fingerprint density at radius 2 is 1.76 bits per heavy atom. The standard InChI is InChI=1S/C17H17N3O2S.C8H18O.C2H6/c18-12-17(23(19)21)10-13-1-2-15-11-16(4-3-14(15)9-13)20-5-7-22-8-6-20;1-7(2)5-6-9-8(3)4;1-2/h1-4,9-11H,5-8,19H2;7-8H,5-6H2,1-4H3;1-2H3/b17-10+;;. The van der Waals surface area contributed by atoms with Crippen LogP contribution in [0.4, 0.5) is 5.69 Å². The van der Waals surface area contributed by atoms with Crippen LogP contribution in [0.25, 0.3) is 16.8 Å². The van der Waals surface area contributed by atoms with Gasteiger partial charge in [-0.15, -0.1) is 0 Å². The molecule has 2 aromatic rings. The Hall–Kier alpha value is -2.24. The van der Waals surface area contributed by atoms with Gasteiger partial charge in [0, 0.05) is 25.4 Å². The zero-order chi connectivity index (χ0) is 25.5. The fraction of sp³-hybridized carbons (Fsp3) is 0.519. The van der Waals surface area contributed by atoms with Gasteiger partial charge < -0.3 is 14.4 Å². The van der Waals surface area contributed by atoms with Crippen LogP contribution in [0.5, 0.6) is 0 Å². The number of nitrogens with zero attached hydrogens (tertiary/aromatic N) is 2. The van der Waals surface area contributed by atoms with Gasteiger partial charge in [0.15, 0.2) is 0 Å². The Kier molecular flexibility index (Phi) is 14.4. The van der Waals surface area contributed by atoms with Crippen molar-refractivity contribution in [3.8, 4) is 6.07 Å². The van der Waals surface area contributed by atoms with E-state index in [1.54, 1.807) is 6.08 Å². The highest BCUT2D eigenvalue weighted by Crippen LogP contribution is 2.24. The molecular weight excluding hydrogens is 446 g/mol. The molecule has 34 heavy (non-hydrogen) atoms. The van der Waals surface area contributed by atoms with Crippen LogP contribution in [0.15, 0.2) is 41.3 Å². The first-order chi connectivity index (χ1) is 16.3. The van der Waals surface area contributed by atoms with E-state index in [2.05, 4.69) is 50.8 Å². The van der Waals surface area contributed by atoms with Crippen molar-refractivity contribution in [2.24, 2.45) is 11.1 Å². The van der Waals surface area contributed by atoms with Gasteiger partial charge in [-0.3, -0.25) is 0 Å². The van der Waals surface area contributed by atoms with Gasteiger partial charge in [0.1, 0.15) is 22.0 Å². The summed E-state index contributed by atoms with van der Waals surface area (Å²) in [7, 11) is -1.76. The van der Waals surface area contributed by atoms with E-state index in [1.165, 1.54) is 12.1 Å². The topological polar surface area (TPSA) is 88.6 Å². The average Bonchev–Trinajstić information content (AvgIpc) is 2.83. The fourth-order valence-electron chi connectivity index (χ4n) is 3.19. The molecular formula is C27H41N3O3S. The number of rotatable bonds is 7. The third-order valence-electron chi connectivity index (χ3n) is 5.00. The van der Waals surface area contributed by atoms with Crippen LogP contribution >= 0.6 is 0 Å². The molecule has 0 aromatic heterocycles. The van der Waals surface area contributed by atoms with Gasteiger partial charge in [-0.25, -0.2) is 9.35 Å². The Morgan fingerprint density at radius 3 is 2.32 bits per heavy atom. The van der Waals surface area contributed by atoms with Gasteiger partial charge in [0.2, 0.25) is 0 Å². The molecule has 1 fully saturated rings. The lowest BCUT2D eigenvalue weighted by Gasteiger charge is -2.29.